The normalized spacial score (nSPS) is 12.7. The molecule has 0 aliphatic heterocycles. The Morgan fingerprint density at radius 1 is 1.13 bits per heavy atom. The summed E-state index contributed by atoms with van der Waals surface area (Å²) in [6.07, 6.45) is 0. The highest BCUT2D eigenvalue weighted by atomic mass is 32.2. The Morgan fingerprint density at radius 2 is 1.60 bits per heavy atom. The van der Waals surface area contributed by atoms with Gasteiger partial charge in [0.1, 0.15) is 0 Å². The van der Waals surface area contributed by atoms with Crippen molar-refractivity contribution < 1.29 is 8.42 Å². The van der Waals surface area contributed by atoms with Crippen LogP contribution in [-0.4, -0.2) is 14.0 Å². The van der Waals surface area contributed by atoms with E-state index in [1.807, 2.05) is 0 Å². The fraction of sp³-hybridized carbons (Fsp3) is 0.400. The SMILES string of the molecule is CC(C)(C)NS(=O)(=O)c1ccc(N)cc1. The van der Waals surface area contributed by atoms with E-state index >= 15 is 0 Å². The van der Waals surface area contributed by atoms with E-state index in [1.165, 1.54) is 12.1 Å². The third kappa shape index (κ3) is 3.53. The average molecular weight is 228 g/mol. The van der Waals surface area contributed by atoms with Gasteiger partial charge in [-0.1, -0.05) is 0 Å². The van der Waals surface area contributed by atoms with Crippen LogP contribution in [0.3, 0.4) is 0 Å². The molecule has 1 rings (SSSR count). The summed E-state index contributed by atoms with van der Waals surface area (Å²) in [5, 5.41) is 0. The molecule has 5 heteroatoms. The Kier molecular flexibility index (Phi) is 3.06. The van der Waals surface area contributed by atoms with E-state index in [-0.39, 0.29) is 4.90 Å². The molecule has 0 saturated heterocycles. The van der Waals surface area contributed by atoms with Gasteiger partial charge in [0.15, 0.2) is 0 Å². The Hall–Kier alpha value is -1.07. The number of nitrogens with one attached hydrogen (secondary N) is 1. The summed E-state index contributed by atoms with van der Waals surface area (Å²) >= 11 is 0. The molecule has 1 aromatic rings. The first-order chi connectivity index (χ1) is 6.71. The number of nitrogens with two attached hydrogens (primary N) is 1. The maximum absolute atomic E-state index is 11.8. The van der Waals surface area contributed by atoms with Crippen molar-refractivity contribution in [1.29, 1.82) is 0 Å². The van der Waals surface area contributed by atoms with Crippen LogP contribution in [0.15, 0.2) is 29.2 Å². The molecule has 0 atom stereocenters. The van der Waals surface area contributed by atoms with Crippen LogP contribution in [-0.2, 0) is 10.0 Å². The molecule has 84 valence electrons. The summed E-state index contributed by atoms with van der Waals surface area (Å²) in [5.41, 5.74) is 5.54. The van der Waals surface area contributed by atoms with Crippen molar-refractivity contribution in [3.63, 3.8) is 0 Å². The third-order valence-electron chi connectivity index (χ3n) is 1.63. The maximum Gasteiger partial charge on any atom is 0.241 e. The molecule has 0 fully saturated rings. The van der Waals surface area contributed by atoms with E-state index in [1.54, 1.807) is 32.9 Å². The molecule has 0 radical (unpaired) electrons. The molecule has 0 aliphatic carbocycles. The van der Waals surface area contributed by atoms with Gasteiger partial charge < -0.3 is 5.73 Å². The van der Waals surface area contributed by atoms with Crippen molar-refractivity contribution in [3.05, 3.63) is 24.3 Å². The van der Waals surface area contributed by atoms with Gasteiger partial charge in [0.2, 0.25) is 10.0 Å². The molecule has 0 aliphatic rings. The van der Waals surface area contributed by atoms with Gasteiger partial charge in [0, 0.05) is 11.2 Å². The van der Waals surface area contributed by atoms with Gasteiger partial charge in [-0.25, -0.2) is 13.1 Å². The smallest absolute Gasteiger partial charge is 0.241 e. The number of rotatable bonds is 2. The first kappa shape index (κ1) is 12.0. The molecule has 0 heterocycles. The maximum atomic E-state index is 11.8. The van der Waals surface area contributed by atoms with Crippen molar-refractivity contribution in [2.24, 2.45) is 0 Å². The predicted octanol–water partition coefficient (Wildman–Crippen LogP) is 1.35. The minimum Gasteiger partial charge on any atom is -0.399 e. The molecular formula is C10H16N2O2S. The molecule has 0 unspecified atom stereocenters. The largest absolute Gasteiger partial charge is 0.399 e. The summed E-state index contributed by atoms with van der Waals surface area (Å²) in [7, 11) is -3.44. The van der Waals surface area contributed by atoms with E-state index in [0.29, 0.717) is 5.69 Å². The van der Waals surface area contributed by atoms with E-state index in [9.17, 15) is 8.42 Å². The van der Waals surface area contributed by atoms with Crippen LogP contribution in [0.5, 0.6) is 0 Å². The zero-order valence-electron chi connectivity index (χ0n) is 9.11. The summed E-state index contributed by atoms with van der Waals surface area (Å²) in [5.74, 6) is 0. The second-order valence-corrected chi connectivity index (χ2v) is 6.11. The molecular weight excluding hydrogens is 212 g/mol. The summed E-state index contributed by atoms with van der Waals surface area (Å²) < 4.78 is 26.2. The Balaban J connectivity index is 3.02. The van der Waals surface area contributed by atoms with Gasteiger partial charge in [-0.3, -0.25) is 0 Å². The van der Waals surface area contributed by atoms with Crippen LogP contribution >= 0.6 is 0 Å². The highest BCUT2D eigenvalue weighted by Gasteiger charge is 2.21. The lowest BCUT2D eigenvalue weighted by Gasteiger charge is -2.20. The molecule has 0 bridgehead atoms. The number of anilines is 1. The van der Waals surface area contributed by atoms with Crippen LogP contribution in [0.1, 0.15) is 20.8 Å². The lowest BCUT2D eigenvalue weighted by atomic mass is 10.1. The van der Waals surface area contributed by atoms with Gasteiger partial charge in [-0.05, 0) is 45.0 Å². The Bertz CT molecular complexity index is 429. The van der Waals surface area contributed by atoms with Crippen molar-refractivity contribution in [2.75, 3.05) is 5.73 Å². The van der Waals surface area contributed by atoms with Gasteiger partial charge in [-0.15, -0.1) is 0 Å². The number of nitrogen functional groups attached to an aromatic ring is 1. The lowest BCUT2D eigenvalue weighted by molar-refractivity contribution is 0.491. The highest BCUT2D eigenvalue weighted by Crippen LogP contribution is 2.14. The zero-order chi connectivity index (χ0) is 11.7. The van der Waals surface area contributed by atoms with Crippen molar-refractivity contribution >= 4 is 15.7 Å². The van der Waals surface area contributed by atoms with Gasteiger partial charge in [0.25, 0.3) is 0 Å². The lowest BCUT2D eigenvalue weighted by Crippen LogP contribution is -2.40. The van der Waals surface area contributed by atoms with E-state index in [0.717, 1.165) is 0 Å². The predicted molar refractivity (Wildman–Crippen MR) is 60.9 cm³/mol. The van der Waals surface area contributed by atoms with Crippen molar-refractivity contribution in [1.82, 2.24) is 4.72 Å². The van der Waals surface area contributed by atoms with Crippen LogP contribution < -0.4 is 10.5 Å². The van der Waals surface area contributed by atoms with E-state index in [4.69, 9.17) is 5.73 Å². The summed E-state index contributed by atoms with van der Waals surface area (Å²) in [4.78, 5) is 0.228. The van der Waals surface area contributed by atoms with Crippen LogP contribution in [0.25, 0.3) is 0 Å². The van der Waals surface area contributed by atoms with Crippen LogP contribution in [0, 0.1) is 0 Å². The Morgan fingerprint density at radius 3 is 2.00 bits per heavy atom. The second kappa shape index (κ2) is 3.83. The fourth-order valence-electron chi connectivity index (χ4n) is 1.11. The molecule has 1 aromatic carbocycles. The van der Waals surface area contributed by atoms with Crippen molar-refractivity contribution in [2.45, 2.75) is 31.2 Å². The monoisotopic (exact) mass is 228 g/mol. The topological polar surface area (TPSA) is 72.2 Å². The molecule has 3 N–H and O–H groups in total. The number of hydrogen-bond acceptors (Lipinski definition) is 3. The Labute approximate surface area is 90.5 Å². The first-order valence-corrected chi connectivity index (χ1v) is 6.08. The minimum atomic E-state index is -3.44. The van der Waals surface area contributed by atoms with Crippen molar-refractivity contribution in [3.8, 4) is 0 Å². The first-order valence-electron chi connectivity index (χ1n) is 4.60. The summed E-state index contributed by atoms with van der Waals surface area (Å²) in [6, 6.07) is 6.11. The molecule has 0 spiro atoms. The zero-order valence-corrected chi connectivity index (χ0v) is 9.93. The molecule has 15 heavy (non-hydrogen) atoms. The van der Waals surface area contributed by atoms with Gasteiger partial charge in [0.05, 0.1) is 4.90 Å². The fourth-order valence-corrected chi connectivity index (χ4v) is 2.53. The van der Waals surface area contributed by atoms with Crippen LogP contribution in [0.4, 0.5) is 5.69 Å². The average Bonchev–Trinajstić information content (AvgIpc) is 2.00. The number of benzene rings is 1. The number of hydrogen-bond donors (Lipinski definition) is 2. The van der Waals surface area contributed by atoms with E-state index < -0.39 is 15.6 Å². The molecule has 0 amide bonds. The van der Waals surface area contributed by atoms with Gasteiger partial charge >= 0.3 is 0 Å². The number of sulfonamides is 1. The molecule has 0 aromatic heterocycles. The second-order valence-electron chi connectivity index (χ2n) is 4.42. The highest BCUT2D eigenvalue weighted by molar-refractivity contribution is 7.89. The van der Waals surface area contributed by atoms with E-state index in [2.05, 4.69) is 4.72 Å². The standard InChI is InChI=1S/C10H16N2O2S/c1-10(2,3)12-15(13,14)9-6-4-8(11)5-7-9/h4-7,12H,11H2,1-3H3. The third-order valence-corrected chi connectivity index (χ3v) is 3.40. The van der Waals surface area contributed by atoms with Gasteiger partial charge in [-0.2, -0.15) is 0 Å². The quantitative estimate of drug-likeness (QED) is 0.750. The summed E-state index contributed by atoms with van der Waals surface area (Å²) in [6.45, 7) is 5.38. The minimum absolute atomic E-state index is 0.228. The molecule has 0 saturated carbocycles. The molecule has 4 nitrogen and oxygen atoms in total. The van der Waals surface area contributed by atoms with Crippen LogP contribution in [0.2, 0.25) is 0 Å².